The second-order valence-electron chi connectivity index (χ2n) is 3.38. The zero-order chi connectivity index (χ0) is 12.8. The molecule has 0 unspecified atom stereocenters. The van der Waals surface area contributed by atoms with E-state index in [1.165, 1.54) is 12.1 Å². The fraction of sp³-hybridized carbons (Fsp3) is 0.100. The molecule has 0 bridgehead atoms. The summed E-state index contributed by atoms with van der Waals surface area (Å²) in [6.45, 7) is 0. The van der Waals surface area contributed by atoms with Gasteiger partial charge in [-0.1, -0.05) is 23.2 Å². The number of nitrogens with two attached hydrogens (primary N) is 1. The van der Waals surface area contributed by atoms with Gasteiger partial charge in [-0.15, -0.1) is 0 Å². The molecule has 0 aliphatic carbocycles. The first kappa shape index (κ1) is 12.3. The maximum Gasteiger partial charge on any atom is 0.433 e. The minimum Gasteiger partial charge on any atom is -0.398 e. The molecule has 2 nitrogen and oxygen atoms in total. The fourth-order valence-electron chi connectivity index (χ4n) is 1.46. The molecule has 0 saturated heterocycles. The van der Waals surface area contributed by atoms with E-state index < -0.39 is 11.9 Å². The molecule has 0 aliphatic rings. The van der Waals surface area contributed by atoms with Gasteiger partial charge in [0.15, 0.2) is 0 Å². The number of hydrogen-bond donors (Lipinski definition) is 1. The number of hydrogen-bond acceptors (Lipinski definition) is 2. The third-order valence-electron chi connectivity index (χ3n) is 2.15. The SMILES string of the molecule is Nc1cc(C(F)(F)F)nc2cc(Cl)cc(Cl)c12. The van der Waals surface area contributed by atoms with Crippen molar-refractivity contribution in [1.82, 2.24) is 4.98 Å². The van der Waals surface area contributed by atoms with Crippen LogP contribution < -0.4 is 5.73 Å². The molecule has 90 valence electrons. The van der Waals surface area contributed by atoms with Crippen LogP contribution in [0.25, 0.3) is 10.9 Å². The van der Waals surface area contributed by atoms with Crippen LogP contribution in [0, 0.1) is 0 Å². The Bertz CT molecular complexity index is 596. The molecule has 1 aromatic heterocycles. The number of fused-ring (bicyclic) bond motifs is 1. The van der Waals surface area contributed by atoms with Crippen molar-refractivity contribution in [2.75, 3.05) is 5.73 Å². The molecule has 0 radical (unpaired) electrons. The smallest absolute Gasteiger partial charge is 0.398 e. The van der Waals surface area contributed by atoms with Crippen molar-refractivity contribution in [2.45, 2.75) is 6.18 Å². The number of halogens is 5. The third-order valence-corrected chi connectivity index (χ3v) is 2.66. The molecule has 0 saturated carbocycles. The number of benzene rings is 1. The summed E-state index contributed by atoms with van der Waals surface area (Å²) < 4.78 is 37.5. The largest absolute Gasteiger partial charge is 0.433 e. The molecule has 0 amide bonds. The lowest BCUT2D eigenvalue weighted by atomic mass is 10.1. The molecule has 2 aromatic rings. The monoisotopic (exact) mass is 280 g/mol. The first-order valence-corrected chi connectivity index (χ1v) is 5.17. The maximum atomic E-state index is 12.5. The number of rotatable bonds is 0. The molecule has 0 spiro atoms. The lowest BCUT2D eigenvalue weighted by Gasteiger charge is -2.10. The molecule has 0 fully saturated rings. The van der Waals surface area contributed by atoms with E-state index in [1.54, 1.807) is 0 Å². The van der Waals surface area contributed by atoms with Crippen LogP contribution in [0.3, 0.4) is 0 Å². The zero-order valence-corrected chi connectivity index (χ0v) is 9.66. The van der Waals surface area contributed by atoms with E-state index in [2.05, 4.69) is 4.98 Å². The summed E-state index contributed by atoms with van der Waals surface area (Å²) in [7, 11) is 0. The van der Waals surface area contributed by atoms with Crippen LogP contribution in [0.1, 0.15) is 5.69 Å². The molecular formula is C10H5Cl2F3N2. The van der Waals surface area contributed by atoms with E-state index in [9.17, 15) is 13.2 Å². The van der Waals surface area contributed by atoms with Gasteiger partial charge in [0.05, 0.1) is 10.5 Å². The van der Waals surface area contributed by atoms with Gasteiger partial charge < -0.3 is 5.73 Å². The number of anilines is 1. The third kappa shape index (κ3) is 2.25. The summed E-state index contributed by atoms with van der Waals surface area (Å²) >= 11 is 11.5. The predicted molar refractivity (Wildman–Crippen MR) is 61.2 cm³/mol. The van der Waals surface area contributed by atoms with E-state index in [0.29, 0.717) is 0 Å². The van der Waals surface area contributed by atoms with Crippen LogP contribution in [0.2, 0.25) is 10.0 Å². The van der Waals surface area contributed by atoms with Crippen molar-refractivity contribution < 1.29 is 13.2 Å². The van der Waals surface area contributed by atoms with Crippen LogP contribution in [0.15, 0.2) is 18.2 Å². The number of nitrogen functional groups attached to an aromatic ring is 1. The number of alkyl halides is 3. The van der Waals surface area contributed by atoms with Crippen LogP contribution in [-0.2, 0) is 6.18 Å². The Hall–Kier alpha value is -1.20. The average molecular weight is 281 g/mol. The average Bonchev–Trinajstić information content (AvgIpc) is 2.13. The fourth-order valence-corrected chi connectivity index (χ4v) is 2.05. The van der Waals surface area contributed by atoms with Crippen molar-refractivity contribution in [1.29, 1.82) is 0 Å². The molecule has 2 rings (SSSR count). The van der Waals surface area contributed by atoms with E-state index in [1.807, 2.05) is 0 Å². The minimum atomic E-state index is -4.56. The topological polar surface area (TPSA) is 38.9 Å². The Morgan fingerprint density at radius 1 is 1.12 bits per heavy atom. The minimum absolute atomic E-state index is 0.0230. The second-order valence-corrected chi connectivity index (χ2v) is 4.22. The van der Waals surface area contributed by atoms with Crippen LogP contribution in [0.5, 0.6) is 0 Å². The van der Waals surface area contributed by atoms with Crippen molar-refractivity contribution in [3.8, 4) is 0 Å². The van der Waals surface area contributed by atoms with E-state index in [0.717, 1.165) is 6.07 Å². The van der Waals surface area contributed by atoms with Gasteiger partial charge in [0.1, 0.15) is 5.69 Å². The highest BCUT2D eigenvalue weighted by Gasteiger charge is 2.33. The van der Waals surface area contributed by atoms with Gasteiger partial charge in [0.25, 0.3) is 0 Å². The summed E-state index contributed by atoms with van der Waals surface area (Å²) in [6, 6.07) is 3.44. The molecular weight excluding hydrogens is 276 g/mol. The summed E-state index contributed by atoms with van der Waals surface area (Å²) in [5, 5.41) is 0.643. The standard InChI is InChI=1S/C10H5Cl2F3N2/c11-4-1-5(12)9-6(16)3-8(10(13,14)15)17-7(9)2-4/h1-3H,(H2,16,17). The Balaban J connectivity index is 2.82. The predicted octanol–water partition coefficient (Wildman–Crippen LogP) is 4.14. The highest BCUT2D eigenvalue weighted by molar-refractivity contribution is 6.39. The number of pyridine rings is 1. The van der Waals surface area contributed by atoms with Gasteiger partial charge in [0, 0.05) is 16.1 Å². The van der Waals surface area contributed by atoms with E-state index >= 15 is 0 Å². The second kappa shape index (κ2) is 3.92. The Morgan fingerprint density at radius 3 is 2.35 bits per heavy atom. The van der Waals surface area contributed by atoms with Gasteiger partial charge in [0.2, 0.25) is 0 Å². The summed E-state index contributed by atoms with van der Waals surface area (Å²) in [4.78, 5) is 3.46. The lowest BCUT2D eigenvalue weighted by Crippen LogP contribution is -2.09. The first-order valence-electron chi connectivity index (χ1n) is 4.41. The van der Waals surface area contributed by atoms with Gasteiger partial charge in [-0.3, -0.25) is 0 Å². The van der Waals surface area contributed by atoms with Gasteiger partial charge in [-0.2, -0.15) is 13.2 Å². The highest BCUT2D eigenvalue weighted by atomic mass is 35.5. The van der Waals surface area contributed by atoms with Gasteiger partial charge in [-0.25, -0.2) is 4.98 Å². The van der Waals surface area contributed by atoms with E-state index in [4.69, 9.17) is 28.9 Å². The number of nitrogens with zero attached hydrogens (tertiary/aromatic N) is 1. The van der Waals surface area contributed by atoms with Gasteiger partial charge in [-0.05, 0) is 18.2 Å². The highest BCUT2D eigenvalue weighted by Crippen LogP contribution is 2.35. The molecule has 17 heavy (non-hydrogen) atoms. The van der Waals surface area contributed by atoms with E-state index in [-0.39, 0.29) is 26.6 Å². The lowest BCUT2D eigenvalue weighted by molar-refractivity contribution is -0.140. The molecule has 0 aliphatic heterocycles. The van der Waals surface area contributed by atoms with Crippen molar-refractivity contribution >= 4 is 39.8 Å². The normalized spacial score (nSPS) is 12.1. The van der Waals surface area contributed by atoms with Crippen molar-refractivity contribution in [2.24, 2.45) is 0 Å². The molecule has 1 heterocycles. The maximum absolute atomic E-state index is 12.5. The Morgan fingerprint density at radius 2 is 1.76 bits per heavy atom. The summed E-state index contributed by atoms with van der Waals surface area (Å²) in [5.41, 5.74) is 4.41. The first-order chi connectivity index (χ1) is 7.79. The molecule has 2 N–H and O–H groups in total. The van der Waals surface area contributed by atoms with Crippen molar-refractivity contribution in [3.63, 3.8) is 0 Å². The van der Waals surface area contributed by atoms with Gasteiger partial charge >= 0.3 is 6.18 Å². The number of aromatic nitrogens is 1. The van der Waals surface area contributed by atoms with Crippen LogP contribution in [0.4, 0.5) is 18.9 Å². The summed E-state index contributed by atoms with van der Waals surface area (Å²) in [5.74, 6) is 0. The Kier molecular flexibility index (Phi) is 2.83. The molecule has 1 aromatic carbocycles. The Labute approximate surface area is 104 Å². The summed E-state index contributed by atoms with van der Waals surface area (Å²) in [6.07, 6.45) is -4.56. The molecule has 0 atom stereocenters. The quantitative estimate of drug-likeness (QED) is 0.788. The van der Waals surface area contributed by atoms with Crippen molar-refractivity contribution in [3.05, 3.63) is 33.9 Å². The zero-order valence-electron chi connectivity index (χ0n) is 8.15. The molecule has 7 heteroatoms. The van der Waals surface area contributed by atoms with Crippen LogP contribution in [-0.4, -0.2) is 4.98 Å². The van der Waals surface area contributed by atoms with Crippen LogP contribution >= 0.6 is 23.2 Å².